The lowest BCUT2D eigenvalue weighted by atomic mass is 10.2. The van der Waals surface area contributed by atoms with Crippen molar-refractivity contribution in [1.82, 2.24) is 15.0 Å². The number of hydrogen-bond donors (Lipinski definition) is 2. The molecule has 2 aromatic carbocycles. The first-order chi connectivity index (χ1) is 14.7. The van der Waals surface area contributed by atoms with Gasteiger partial charge in [0, 0.05) is 10.7 Å². The first kappa shape index (κ1) is 19.9. The minimum absolute atomic E-state index is 0.0588. The van der Waals surface area contributed by atoms with E-state index in [2.05, 4.69) is 20.3 Å². The molecule has 3 aromatic rings. The predicted octanol–water partition coefficient (Wildman–Crippen LogP) is 5.17. The third-order valence-corrected chi connectivity index (χ3v) is 4.37. The highest BCUT2D eigenvalue weighted by Gasteiger charge is 2.12. The highest BCUT2D eigenvalue weighted by Crippen LogP contribution is 2.25. The lowest BCUT2D eigenvalue weighted by Crippen LogP contribution is -2.06. The van der Waals surface area contributed by atoms with Crippen molar-refractivity contribution in [2.45, 2.75) is 19.4 Å². The van der Waals surface area contributed by atoms with Crippen LogP contribution in [0.5, 0.6) is 17.8 Å². The number of aliphatic hydroxyl groups is 1. The molecule has 0 spiro atoms. The second-order valence-corrected chi connectivity index (χ2v) is 6.89. The third kappa shape index (κ3) is 5.34. The summed E-state index contributed by atoms with van der Waals surface area (Å²) in [4.78, 5) is 12.9. The van der Waals surface area contributed by atoms with Gasteiger partial charge in [-0.2, -0.15) is 9.97 Å². The minimum Gasteiger partial charge on any atom is -0.424 e. The average Bonchev–Trinajstić information content (AvgIpc) is 2.74. The fourth-order valence-corrected chi connectivity index (χ4v) is 2.95. The van der Waals surface area contributed by atoms with Gasteiger partial charge in [-0.3, -0.25) is 0 Å². The molecule has 1 aliphatic carbocycles. The zero-order chi connectivity index (χ0) is 20.8. The monoisotopic (exact) mass is 422 g/mol. The number of nitrogens with zero attached hydrogens (tertiary/aromatic N) is 3. The molecule has 152 valence electrons. The van der Waals surface area contributed by atoms with Crippen molar-refractivity contribution in [2.75, 3.05) is 5.32 Å². The van der Waals surface area contributed by atoms with Crippen molar-refractivity contribution in [2.24, 2.45) is 0 Å². The van der Waals surface area contributed by atoms with Crippen LogP contribution in [0.25, 0.3) is 0 Å². The molecule has 8 heteroatoms. The number of halogens is 1. The number of nitrogens with one attached hydrogen (secondary N) is 1. The van der Waals surface area contributed by atoms with Gasteiger partial charge >= 0.3 is 12.0 Å². The van der Waals surface area contributed by atoms with Crippen LogP contribution in [-0.2, 0) is 6.61 Å². The van der Waals surface area contributed by atoms with Crippen LogP contribution in [0.15, 0.2) is 72.5 Å². The normalized spacial score (nSPS) is 12.9. The minimum atomic E-state index is -0.0648. The second-order valence-electron chi connectivity index (χ2n) is 6.46. The van der Waals surface area contributed by atoms with Crippen LogP contribution in [0.1, 0.15) is 18.4 Å². The van der Waals surface area contributed by atoms with Gasteiger partial charge in [-0.25, -0.2) is 0 Å². The molecule has 1 aliphatic rings. The highest BCUT2D eigenvalue weighted by molar-refractivity contribution is 6.30. The molecule has 0 bridgehead atoms. The standard InChI is InChI=1S/C22H19ClN4O3/c23-16-7-5-11-19(13-16)30-22-26-20(24-17-8-4-6-15(12-17)14-28)25-21(27-22)29-18-9-2-1-3-10-18/h2,4-13,28H,1,3,14H2,(H,24,25,26,27). The van der Waals surface area contributed by atoms with Crippen molar-refractivity contribution in [3.63, 3.8) is 0 Å². The van der Waals surface area contributed by atoms with Gasteiger partial charge in [-0.1, -0.05) is 35.9 Å². The van der Waals surface area contributed by atoms with Gasteiger partial charge in [0.25, 0.3) is 0 Å². The van der Waals surface area contributed by atoms with Crippen molar-refractivity contribution in [1.29, 1.82) is 0 Å². The Hall–Kier alpha value is -3.42. The molecule has 0 atom stereocenters. The van der Waals surface area contributed by atoms with Crippen LogP contribution in [0.2, 0.25) is 5.02 Å². The Morgan fingerprint density at radius 2 is 1.80 bits per heavy atom. The average molecular weight is 423 g/mol. The number of anilines is 2. The van der Waals surface area contributed by atoms with Gasteiger partial charge in [0.05, 0.1) is 6.61 Å². The maximum absolute atomic E-state index is 9.35. The fraction of sp³-hybridized carbons (Fsp3) is 0.136. The Balaban J connectivity index is 1.64. The topological polar surface area (TPSA) is 89.4 Å². The summed E-state index contributed by atoms with van der Waals surface area (Å²) in [7, 11) is 0. The van der Waals surface area contributed by atoms with Crippen molar-refractivity contribution >= 4 is 23.2 Å². The Bertz CT molecular complexity index is 1100. The molecule has 0 fully saturated rings. The lowest BCUT2D eigenvalue weighted by molar-refractivity contribution is 0.282. The van der Waals surface area contributed by atoms with Crippen LogP contribution < -0.4 is 14.8 Å². The van der Waals surface area contributed by atoms with Gasteiger partial charge in [0.15, 0.2) is 0 Å². The van der Waals surface area contributed by atoms with Crippen LogP contribution >= 0.6 is 11.6 Å². The van der Waals surface area contributed by atoms with Crippen LogP contribution in [0.3, 0.4) is 0 Å². The van der Waals surface area contributed by atoms with E-state index in [0.29, 0.717) is 22.2 Å². The number of rotatable bonds is 7. The van der Waals surface area contributed by atoms with E-state index < -0.39 is 0 Å². The lowest BCUT2D eigenvalue weighted by Gasteiger charge is -2.12. The molecule has 0 unspecified atom stereocenters. The van der Waals surface area contributed by atoms with E-state index in [4.69, 9.17) is 21.1 Å². The molecule has 7 nitrogen and oxygen atoms in total. The van der Waals surface area contributed by atoms with Crippen molar-refractivity contribution in [3.8, 4) is 17.8 Å². The van der Waals surface area contributed by atoms with E-state index >= 15 is 0 Å². The molecule has 0 aliphatic heterocycles. The van der Waals surface area contributed by atoms with Crippen LogP contribution in [-0.4, -0.2) is 20.1 Å². The summed E-state index contributed by atoms with van der Waals surface area (Å²) in [5, 5.41) is 13.0. The molecular formula is C22H19ClN4O3. The molecule has 0 radical (unpaired) electrons. The Labute approximate surface area is 178 Å². The second kappa shape index (κ2) is 9.39. The molecule has 1 aromatic heterocycles. The number of ether oxygens (including phenoxy) is 2. The van der Waals surface area contributed by atoms with E-state index in [-0.39, 0.29) is 24.6 Å². The summed E-state index contributed by atoms with van der Waals surface area (Å²) >= 11 is 6.03. The summed E-state index contributed by atoms with van der Waals surface area (Å²) in [6.45, 7) is -0.0648. The van der Waals surface area contributed by atoms with Gasteiger partial charge < -0.3 is 19.9 Å². The quantitative estimate of drug-likeness (QED) is 0.543. The van der Waals surface area contributed by atoms with E-state index in [1.165, 1.54) is 0 Å². The SMILES string of the molecule is OCc1cccc(Nc2nc(OC3=CCCC=C3)nc(Oc3cccc(Cl)c3)n2)c1. The number of benzene rings is 2. The Morgan fingerprint density at radius 3 is 2.57 bits per heavy atom. The van der Waals surface area contributed by atoms with E-state index in [1.807, 2.05) is 36.4 Å². The van der Waals surface area contributed by atoms with Crippen LogP contribution in [0.4, 0.5) is 11.6 Å². The molecule has 1 heterocycles. The molecule has 0 saturated heterocycles. The van der Waals surface area contributed by atoms with Crippen LogP contribution in [0, 0.1) is 0 Å². The van der Waals surface area contributed by atoms with Crippen molar-refractivity contribution < 1.29 is 14.6 Å². The molecule has 30 heavy (non-hydrogen) atoms. The maximum atomic E-state index is 9.35. The number of aliphatic hydroxyl groups excluding tert-OH is 1. The zero-order valence-corrected chi connectivity index (χ0v) is 16.7. The Kier molecular flexibility index (Phi) is 6.22. The molecule has 0 saturated carbocycles. The number of hydrogen-bond acceptors (Lipinski definition) is 7. The van der Waals surface area contributed by atoms with Gasteiger partial charge in [-0.15, -0.1) is 4.98 Å². The summed E-state index contributed by atoms with van der Waals surface area (Å²) in [6.07, 6.45) is 7.74. The molecular weight excluding hydrogens is 404 g/mol. The summed E-state index contributed by atoms with van der Waals surface area (Å²) in [6, 6.07) is 14.4. The maximum Gasteiger partial charge on any atom is 0.330 e. The predicted molar refractivity (Wildman–Crippen MR) is 114 cm³/mol. The van der Waals surface area contributed by atoms with E-state index in [0.717, 1.165) is 18.4 Å². The summed E-state index contributed by atoms with van der Waals surface area (Å²) in [5.74, 6) is 1.39. The molecule has 2 N–H and O–H groups in total. The zero-order valence-electron chi connectivity index (χ0n) is 16.0. The Morgan fingerprint density at radius 1 is 0.967 bits per heavy atom. The highest BCUT2D eigenvalue weighted by atomic mass is 35.5. The third-order valence-electron chi connectivity index (χ3n) is 4.14. The molecule has 0 amide bonds. The van der Waals surface area contributed by atoms with E-state index in [1.54, 1.807) is 30.3 Å². The molecule has 4 rings (SSSR count). The van der Waals surface area contributed by atoms with E-state index in [9.17, 15) is 5.11 Å². The van der Waals surface area contributed by atoms with Crippen molar-refractivity contribution in [3.05, 3.63) is 83.1 Å². The van der Waals surface area contributed by atoms with Gasteiger partial charge in [0.2, 0.25) is 5.95 Å². The number of allylic oxidation sites excluding steroid dienone is 3. The number of aromatic nitrogens is 3. The summed E-state index contributed by atoms with van der Waals surface area (Å²) in [5.41, 5.74) is 1.47. The fourth-order valence-electron chi connectivity index (χ4n) is 2.77. The van der Waals surface area contributed by atoms with Gasteiger partial charge in [0.1, 0.15) is 11.5 Å². The first-order valence-electron chi connectivity index (χ1n) is 9.39. The van der Waals surface area contributed by atoms with Gasteiger partial charge in [-0.05, 0) is 60.9 Å². The largest absolute Gasteiger partial charge is 0.424 e. The first-order valence-corrected chi connectivity index (χ1v) is 9.76. The summed E-state index contributed by atoms with van der Waals surface area (Å²) < 4.78 is 11.6. The smallest absolute Gasteiger partial charge is 0.330 e.